The summed E-state index contributed by atoms with van der Waals surface area (Å²) in [5, 5.41) is 3.27. The van der Waals surface area contributed by atoms with Crippen LogP contribution in [0.5, 0.6) is 6.01 Å². The quantitative estimate of drug-likeness (QED) is 0.847. The summed E-state index contributed by atoms with van der Waals surface area (Å²) < 4.78 is 4.91. The van der Waals surface area contributed by atoms with Gasteiger partial charge < -0.3 is 10.1 Å². The highest BCUT2D eigenvalue weighted by atomic mass is 35.5. The van der Waals surface area contributed by atoms with Crippen LogP contribution in [-0.4, -0.2) is 39.6 Å². The van der Waals surface area contributed by atoms with Crippen LogP contribution in [0, 0.1) is 0 Å². The van der Waals surface area contributed by atoms with E-state index < -0.39 is 0 Å². The van der Waals surface area contributed by atoms with E-state index in [4.69, 9.17) is 16.3 Å². The van der Waals surface area contributed by atoms with Crippen molar-refractivity contribution in [2.75, 3.05) is 23.9 Å². The fraction of sp³-hybridized carbons (Fsp3) is 0.667. The molecule has 1 unspecified atom stereocenters. The molecule has 0 fully saturated rings. The standard InChI is InChI=1S/C9H15ClN4OS/c1-4-16-5-6(2)11-8-12-7(10)13-9(14-8)15-3/h6H,4-5H2,1-3H3,(H,11,12,13,14). The van der Waals surface area contributed by atoms with E-state index in [0.717, 1.165) is 11.5 Å². The van der Waals surface area contributed by atoms with Gasteiger partial charge in [-0.3, -0.25) is 0 Å². The lowest BCUT2D eigenvalue weighted by molar-refractivity contribution is 0.378. The van der Waals surface area contributed by atoms with Crippen molar-refractivity contribution in [1.29, 1.82) is 0 Å². The fourth-order valence-electron chi connectivity index (χ4n) is 1.04. The summed E-state index contributed by atoms with van der Waals surface area (Å²) in [5.41, 5.74) is 0. The fourth-order valence-corrected chi connectivity index (χ4v) is 1.87. The molecule has 1 N–H and O–H groups in total. The van der Waals surface area contributed by atoms with Crippen molar-refractivity contribution in [3.8, 4) is 6.01 Å². The predicted octanol–water partition coefficient (Wildman–Crippen LogP) is 2.09. The summed E-state index contributed by atoms with van der Waals surface area (Å²) in [5.74, 6) is 2.52. The summed E-state index contributed by atoms with van der Waals surface area (Å²) in [7, 11) is 1.49. The first kappa shape index (κ1) is 13.3. The largest absolute Gasteiger partial charge is 0.467 e. The van der Waals surface area contributed by atoms with E-state index >= 15 is 0 Å². The second-order valence-corrected chi connectivity index (χ2v) is 4.78. The normalized spacial score (nSPS) is 12.2. The number of nitrogens with zero attached hydrogens (tertiary/aromatic N) is 3. The summed E-state index contributed by atoms with van der Waals surface area (Å²) >= 11 is 7.58. The Balaban J connectivity index is 2.61. The van der Waals surface area contributed by atoms with Crippen LogP contribution < -0.4 is 10.1 Å². The number of nitrogens with one attached hydrogen (secondary N) is 1. The maximum Gasteiger partial charge on any atom is 0.322 e. The molecular weight excluding hydrogens is 248 g/mol. The Labute approximate surface area is 104 Å². The van der Waals surface area contributed by atoms with E-state index in [1.165, 1.54) is 7.11 Å². The summed E-state index contributed by atoms with van der Waals surface area (Å²) in [6, 6.07) is 0.492. The van der Waals surface area contributed by atoms with Crippen molar-refractivity contribution in [3.05, 3.63) is 5.28 Å². The molecule has 0 radical (unpaired) electrons. The van der Waals surface area contributed by atoms with Crippen molar-refractivity contribution in [2.24, 2.45) is 0 Å². The molecule has 1 heterocycles. The molecule has 0 aromatic carbocycles. The summed E-state index contributed by atoms with van der Waals surface area (Å²) in [6.07, 6.45) is 0. The minimum absolute atomic E-state index is 0.129. The van der Waals surface area contributed by atoms with Gasteiger partial charge in [0, 0.05) is 11.8 Å². The van der Waals surface area contributed by atoms with Gasteiger partial charge in [-0.2, -0.15) is 26.7 Å². The first-order chi connectivity index (χ1) is 7.65. The number of aromatic nitrogens is 3. The maximum absolute atomic E-state index is 5.73. The Kier molecular flexibility index (Phi) is 5.62. The lowest BCUT2D eigenvalue weighted by Gasteiger charge is -2.12. The van der Waals surface area contributed by atoms with Crippen molar-refractivity contribution >= 4 is 29.3 Å². The molecule has 90 valence electrons. The van der Waals surface area contributed by atoms with Crippen molar-refractivity contribution < 1.29 is 4.74 Å². The van der Waals surface area contributed by atoms with Gasteiger partial charge in [-0.15, -0.1) is 0 Å². The molecule has 1 rings (SSSR count). The topological polar surface area (TPSA) is 59.9 Å². The number of hydrogen-bond donors (Lipinski definition) is 1. The Morgan fingerprint density at radius 3 is 2.81 bits per heavy atom. The smallest absolute Gasteiger partial charge is 0.322 e. The van der Waals surface area contributed by atoms with Gasteiger partial charge in [-0.05, 0) is 24.3 Å². The number of methoxy groups -OCH3 is 1. The molecule has 1 aromatic heterocycles. The van der Waals surface area contributed by atoms with Crippen molar-refractivity contribution in [1.82, 2.24) is 15.0 Å². The SMILES string of the molecule is CCSCC(C)Nc1nc(Cl)nc(OC)n1. The van der Waals surface area contributed by atoms with Crippen LogP contribution in [-0.2, 0) is 0 Å². The van der Waals surface area contributed by atoms with Gasteiger partial charge in [0.05, 0.1) is 7.11 Å². The number of anilines is 1. The number of thioether (sulfide) groups is 1. The van der Waals surface area contributed by atoms with Crippen molar-refractivity contribution in [2.45, 2.75) is 19.9 Å². The first-order valence-electron chi connectivity index (χ1n) is 4.95. The van der Waals surface area contributed by atoms with Crippen molar-refractivity contribution in [3.63, 3.8) is 0 Å². The second-order valence-electron chi connectivity index (χ2n) is 3.12. The number of rotatable bonds is 6. The van der Waals surface area contributed by atoms with Crippen LogP contribution in [0.1, 0.15) is 13.8 Å². The van der Waals surface area contributed by atoms with E-state index in [9.17, 15) is 0 Å². The highest BCUT2D eigenvalue weighted by Gasteiger charge is 2.08. The molecule has 0 saturated heterocycles. The summed E-state index contributed by atoms with van der Waals surface area (Å²) in [4.78, 5) is 11.8. The van der Waals surface area contributed by atoms with E-state index in [1.807, 2.05) is 11.8 Å². The monoisotopic (exact) mass is 262 g/mol. The van der Waals surface area contributed by atoms with Crippen LogP contribution in [0.4, 0.5) is 5.95 Å². The Hall–Kier alpha value is -0.750. The molecule has 16 heavy (non-hydrogen) atoms. The van der Waals surface area contributed by atoms with Crippen LogP contribution in [0.25, 0.3) is 0 Å². The molecule has 0 aliphatic rings. The van der Waals surface area contributed by atoms with Gasteiger partial charge >= 0.3 is 6.01 Å². The van der Waals surface area contributed by atoms with Crippen LogP contribution >= 0.6 is 23.4 Å². The van der Waals surface area contributed by atoms with Gasteiger partial charge in [0.1, 0.15) is 0 Å². The minimum Gasteiger partial charge on any atom is -0.467 e. The zero-order valence-corrected chi connectivity index (χ0v) is 11.1. The lowest BCUT2D eigenvalue weighted by Crippen LogP contribution is -2.20. The molecule has 5 nitrogen and oxygen atoms in total. The van der Waals surface area contributed by atoms with E-state index in [2.05, 4.69) is 34.1 Å². The molecule has 1 aromatic rings. The number of ether oxygens (including phenoxy) is 1. The van der Waals surface area contributed by atoms with E-state index in [1.54, 1.807) is 0 Å². The minimum atomic E-state index is 0.129. The number of hydrogen-bond acceptors (Lipinski definition) is 6. The molecule has 7 heteroatoms. The lowest BCUT2D eigenvalue weighted by atomic mass is 10.4. The molecule has 1 atom stereocenters. The second kappa shape index (κ2) is 6.75. The van der Waals surface area contributed by atoms with E-state index in [-0.39, 0.29) is 17.3 Å². The first-order valence-corrected chi connectivity index (χ1v) is 6.48. The molecule has 0 aliphatic heterocycles. The molecule has 0 bridgehead atoms. The molecule has 0 aliphatic carbocycles. The highest BCUT2D eigenvalue weighted by molar-refractivity contribution is 7.99. The van der Waals surface area contributed by atoms with Crippen LogP contribution in [0.3, 0.4) is 0 Å². The number of halogens is 1. The third kappa shape index (κ3) is 4.40. The molecule has 0 saturated carbocycles. The average Bonchev–Trinajstić information content (AvgIpc) is 2.25. The van der Waals surface area contributed by atoms with Gasteiger partial charge in [0.25, 0.3) is 0 Å². The third-order valence-electron chi connectivity index (χ3n) is 1.72. The summed E-state index contributed by atoms with van der Waals surface area (Å²) in [6.45, 7) is 4.19. The van der Waals surface area contributed by atoms with Gasteiger partial charge in [-0.1, -0.05) is 6.92 Å². The highest BCUT2D eigenvalue weighted by Crippen LogP contribution is 2.12. The van der Waals surface area contributed by atoms with Gasteiger partial charge in [-0.25, -0.2) is 0 Å². The van der Waals surface area contributed by atoms with Crippen LogP contribution in [0.2, 0.25) is 5.28 Å². The zero-order valence-electron chi connectivity index (χ0n) is 9.53. The van der Waals surface area contributed by atoms with E-state index in [0.29, 0.717) is 5.95 Å². The molecular formula is C9H15ClN4OS. The van der Waals surface area contributed by atoms with Gasteiger partial charge in [0.15, 0.2) is 0 Å². The zero-order chi connectivity index (χ0) is 12.0. The molecule has 0 amide bonds. The Morgan fingerprint density at radius 2 is 2.19 bits per heavy atom. The maximum atomic E-state index is 5.73. The molecule has 0 spiro atoms. The Bertz CT molecular complexity index is 339. The third-order valence-corrected chi connectivity index (χ3v) is 3.03. The van der Waals surface area contributed by atoms with Crippen LogP contribution in [0.15, 0.2) is 0 Å². The van der Waals surface area contributed by atoms with Gasteiger partial charge in [0.2, 0.25) is 11.2 Å². The predicted molar refractivity (Wildman–Crippen MR) is 67.5 cm³/mol. The average molecular weight is 263 g/mol. The Morgan fingerprint density at radius 1 is 1.44 bits per heavy atom.